The van der Waals surface area contributed by atoms with Crippen LogP contribution in [0.5, 0.6) is 0 Å². The van der Waals surface area contributed by atoms with Gasteiger partial charge in [0, 0.05) is 13.0 Å². The van der Waals surface area contributed by atoms with Gasteiger partial charge in [0.05, 0.1) is 6.61 Å². The molecule has 1 aliphatic rings. The lowest BCUT2D eigenvalue weighted by Gasteiger charge is -2.20. The minimum Gasteiger partial charge on any atom is -0.479 e. The number of benzene rings is 2. The highest BCUT2D eigenvalue weighted by molar-refractivity contribution is 5.85. The van der Waals surface area contributed by atoms with Crippen LogP contribution >= 0.6 is 0 Å². The Balaban J connectivity index is 1.61. The fraction of sp³-hybridized carbons (Fsp3) is 0.400. The lowest BCUT2D eigenvalue weighted by Crippen LogP contribution is -2.49. The Hall–Kier alpha value is -3.43. The van der Waals surface area contributed by atoms with Crippen molar-refractivity contribution in [2.75, 3.05) is 20.3 Å². The number of aliphatic carboxylic acids is 1. The number of carboxylic acids is 1. The molecule has 0 radical (unpaired) electrons. The first-order valence-corrected chi connectivity index (χ1v) is 11.2. The largest absolute Gasteiger partial charge is 0.479 e. The molecule has 3 rings (SSSR count). The highest BCUT2D eigenvalue weighted by Crippen LogP contribution is 2.44. The zero-order valence-electron chi connectivity index (χ0n) is 19.3. The number of hydrogen-bond donors (Lipinski definition) is 3. The van der Waals surface area contributed by atoms with E-state index < -0.39 is 30.1 Å². The molecule has 0 spiro atoms. The molecule has 2 aromatic carbocycles. The van der Waals surface area contributed by atoms with Crippen LogP contribution in [0.15, 0.2) is 48.5 Å². The highest BCUT2D eigenvalue weighted by Gasteiger charge is 2.30. The van der Waals surface area contributed by atoms with Crippen molar-refractivity contribution < 1.29 is 33.8 Å². The Morgan fingerprint density at radius 2 is 1.65 bits per heavy atom. The molecule has 0 fully saturated rings. The first kappa shape index (κ1) is 25.2. The Kier molecular flexibility index (Phi) is 9.00. The second kappa shape index (κ2) is 12.2. The summed E-state index contributed by atoms with van der Waals surface area (Å²) in [6.45, 7) is 1.83. The van der Waals surface area contributed by atoms with Gasteiger partial charge in [-0.2, -0.15) is 0 Å². The number of fused-ring (bicyclic) bond motifs is 3. The van der Waals surface area contributed by atoms with Gasteiger partial charge in [0.2, 0.25) is 6.10 Å². The van der Waals surface area contributed by atoms with Crippen LogP contribution in [0.4, 0.5) is 4.79 Å². The van der Waals surface area contributed by atoms with Gasteiger partial charge in [-0.05, 0) is 28.7 Å². The standard InChI is InChI=1S/C25H30N2O7/c1-3-4-13-21(23(28)27-34-22(15-32-2)24(29)30)26-25(31)33-14-20-18-11-7-5-9-16(18)17-10-6-8-12-19(17)20/h5-12,20-22H,3-4,13-15H2,1-2H3,(H,26,31)(H,27,28)(H,29,30). The van der Waals surface area contributed by atoms with Crippen LogP contribution in [0.25, 0.3) is 11.1 Å². The molecule has 2 unspecified atom stereocenters. The fourth-order valence-electron chi connectivity index (χ4n) is 3.97. The molecule has 0 saturated carbocycles. The van der Waals surface area contributed by atoms with Crippen molar-refractivity contribution in [3.8, 4) is 11.1 Å². The van der Waals surface area contributed by atoms with E-state index in [4.69, 9.17) is 19.4 Å². The van der Waals surface area contributed by atoms with E-state index in [0.29, 0.717) is 12.8 Å². The monoisotopic (exact) mass is 470 g/mol. The Bertz CT molecular complexity index is 965. The van der Waals surface area contributed by atoms with Crippen molar-refractivity contribution >= 4 is 18.0 Å². The van der Waals surface area contributed by atoms with Gasteiger partial charge in [-0.15, -0.1) is 0 Å². The van der Waals surface area contributed by atoms with Crippen LogP contribution in [-0.4, -0.2) is 55.5 Å². The van der Waals surface area contributed by atoms with Crippen LogP contribution in [0.2, 0.25) is 0 Å². The number of amides is 2. The maximum Gasteiger partial charge on any atom is 0.407 e. The summed E-state index contributed by atoms with van der Waals surface area (Å²) in [7, 11) is 1.32. The predicted octanol–water partition coefficient (Wildman–Crippen LogP) is 3.23. The average Bonchev–Trinajstić information content (AvgIpc) is 3.16. The molecule has 0 aromatic heterocycles. The summed E-state index contributed by atoms with van der Waals surface area (Å²) in [6, 6.07) is 15.1. The van der Waals surface area contributed by atoms with Gasteiger partial charge in [-0.1, -0.05) is 68.3 Å². The number of methoxy groups -OCH3 is 1. The van der Waals surface area contributed by atoms with Crippen LogP contribution < -0.4 is 10.8 Å². The summed E-state index contributed by atoms with van der Waals surface area (Å²) < 4.78 is 10.3. The molecule has 0 aliphatic heterocycles. The fourth-order valence-corrected chi connectivity index (χ4v) is 3.97. The topological polar surface area (TPSA) is 123 Å². The zero-order valence-corrected chi connectivity index (χ0v) is 19.3. The second-order valence-corrected chi connectivity index (χ2v) is 8.03. The van der Waals surface area contributed by atoms with Gasteiger partial charge < -0.3 is 19.9 Å². The summed E-state index contributed by atoms with van der Waals surface area (Å²) in [5.41, 5.74) is 6.53. The Morgan fingerprint density at radius 3 is 2.21 bits per heavy atom. The number of hydrogen-bond acceptors (Lipinski definition) is 6. The van der Waals surface area contributed by atoms with Crippen LogP contribution in [0.1, 0.15) is 43.2 Å². The molecule has 0 bridgehead atoms. The van der Waals surface area contributed by atoms with E-state index in [1.807, 2.05) is 55.5 Å². The quantitative estimate of drug-likeness (QED) is 0.407. The van der Waals surface area contributed by atoms with E-state index in [1.165, 1.54) is 7.11 Å². The van der Waals surface area contributed by atoms with E-state index in [1.54, 1.807) is 0 Å². The van der Waals surface area contributed by atoms with E-state index in [2.05, 4.69) is 10.8 Å². The summed E-state index contributed by atoms with van der Waals surface area (Å²) in [5.74, 6) is -2.05. The molecule has 9 heteroatoms. The number of carbonyl (C=O) groups excluding carboxylic acids is 2. The van der Waals surface area contributed by atoms with Crippen molar-refractivity contribution in [3.05, 3.63) is 59.7 Å². The molecule has 3 N–H and O–H groups in total. The zero-order chi connectivity index (χ0) is 24.5. The summed E-state index contributed by atoms with van der Waals surface area (Å²) >= 11 is 0. The maximum absolute atomic E-state index is 12.6. The molecule has 2 aromatic rings. The van der Waals surface area contributed by atoms with Crippen LogP contribution in [-0.2, 0) is 23.9 Å². The minimum absolute atomic E-state index is 0.102. The van der Waals surface area contributed by atoms with Crippen molar-refractivity contribution in [2.24, 2.45) is 0 Å². The third-order valence-corrected chi connectivity index (χ3v) is 5.69. The lowest BCUT2D eigenvalue weighted by atomic mass is 9.98. The molecule has 9 nitrogen and oxygen atoms in total. The van der Waals surface area contributed by atoms with Gasteiger partial charge >= 0.3 is 12.1 Å². The van der Waals surface area contributed by atoms with Crippen molar-refractivity contribution in [3.63, 3.8) is 0 Å². The summed E-state index contributed by atoms with van der Waals surface area (Å²) in [5, 5.41) is 11.7. The van der Waals surface area contributed by atoms with Gasteiger partial charge in [0.25, 0.3) is 5.91 Å². The molecule has 182 valence electrons. The van der Waals surface area contributed by atoms with E-state index in [-0.39, 0.29) is 19.1 Å². The Morgan fingerprint density at radius 1 is 1.03 bits per heavy atom. The molecule has 0 saturated heterocycles. The van der Waals surface area contributed by atoms with E-state index in [0.717, 1.165) is 28.7 Å². The van der Waals surface area contributed by atoms with Crippen molar-refractivity contribution in [1.82, 2.24) is 10.8 Å². The van der Waals surface area contributed by atoms with Crippen LogP contribution in [0, 0.1) is 0 Å². The first-order valence-electron chi connectivity index (χ1n) is 11.2. The number of unbranched alkanes of at least 4 members (excludes halogenated alkanes) is 1. The molecular weight excluding hydrogens is 440 g/mol. The normalized spacial score (nSPS) is 13.9. The lowest BCUT2D eigenvalue weighted by molar-refractivity contribution is -0.165. The molecule has 0 heterocycles. The Labute approximate surface area is 198 Å². The van der Waals surface area contributed by atoms with E-state index in [9.17, 15) is 14.4 Å². The molecule has 1 aliphatic carbocycles. The van der Waals surface area contributed by atoms with Crippen LogP contribution in [0.3, 0.4) is 0 Å². The van der Waals surface area contributed by atoms with E-state index >= 15 is 0 Å². The number of carboxylic acid groups (broad SMARTS) is 1. The first-order chi connectivity index (χ1) is 16.5. The number of hydroxylamine groups is 1. The highest BCUT2D eigenvalue weighted by atomic mass is 16.7. The number of carbonyl (C=O) groups is 3. The average molecular weight is 471 g/mol. The smallest absolute Gasteiger partial charge is 0.407 e. The number of alkyl carbamates (subject to hydrolysis) is 1. The summed E-state index contributed by atoms with van der Waals surface area (Å²) in [6.07, 6.45) is -0.279. The second-order valence-electron chi connectivity index (χ2n) is 8.03. The number of ether oxygens (including phenoxy) is 2. The maximum atomic E-state index is 12.6. The predicted molar refractivity (Wildman–Crippen MR) is 124 cm³/mol. The minimum atomic E-state index is -1.37. The third-order valence-electron chi connectivity index (χ3n) is 5.69. The summed E-state index contributed by atoms with van der Waals surface area (Å²) in [4.78, 5) is 41.3. The molecule has 2 amide bonds. The third kappa shape index (κ3) is 6.12. The van der Waals surface area contributed by atoms with Gasteiger partial charge in [0.1, 0.15) is 12.6 Å². The molecule has 2 atom stereocenters. The van der Waals surface area contributed by atoms with Crippen molar-refractivity contribution in [2.45, 2.75) is 44.2 Å². The van der Waals surface area contributed by atoms with Gasteiger partial charge in [-0.3, -0.25) is 9.63 Å². The van der Waals surface area contributed by atoms with Gasteiger partial charge in [-0.25, -0.2) is 15.1 Å². The molecule has 34 heavy (non-hydrogen) atoms. The molecular formula is C25H30N2O7. The van der Waals surface area contributed by atoms with Gasteiger partial charge in [0.15, 0.2) is 0 Å². The SMILES string of the molecule is CCCCC(NC(=O)OCC1c2ccccc2-c2ccccc21)C(=O)NOC(COC)C(=O)O. The number of nitrogens with one attached hydrogen (secondary N) is 2. The van der Waals surface area contributed by atoms with Crippen molar-refractivity contribution in [1.29, 1.82) is 0 Å². The number of rotatable bonds is 12.